The van der Waals surface area contributed by atoms with E-state index in [0.717, 1.165) is 28.3 Å². The van der Waals surface area contributed by atoms with Crippen LogP contribution in [0, 0.1) is 13.8 Å². The smallest absolute Gasteiger partial charge is 0.119 e. The van der Waals surface area contributed by atoms with Crippen molar-refractivity contribution in [3.8, 4) is 5.75 Å². The van der Waals surface area contributed by atoms with Gasteiger partial charge >= 0.3 is 0 Å². The van der Waals surface area contributed by atoms with Crippen LogP contribution in [-0.4, -0.2) is 16.4 Å². The molecule has 0 radical (unpaired) electrons. The number of benzene rings is 1. The van der Waals surface area contributed by atoms with Crippen LogP contribution in [0.2, 0.25) is 0 Å². The number of nitrogens with zero attached hydrogens (tertiary/aromatic N) is 2. The highest BCUT2D eigenvalue weighted by atomic mass is 16.5. The lowest BCUT2D eigenvalue weighted by Gasteiger charge is -2.18. The summed E-state index contributed by atoms with van der Waals surface area (Å²) in [5.41, 5.74) is 7.16. The first kappa shape index (κ1) is 14.6. The van der Waals surface area contributed by atoms with Gasteiger partial charge in [-0.2, -0.15) is 5.10 Å². The monoisotopic (exact) mass is 274 g/mol. The van der Waals surface area contributed by atoms with Gasteiger partial charge in [-0.3, -0.25) is 10.5 Å². The summed E-state index contributed by atoms with van der Waals surface area (Å²) in [6, 6.07) is 7.89. The molecule has 20 heavy (non-hydrogen) atoms. The van der Waals surface area contributed by atoms with Gasteiger partial charge in [-0.05, 0) is 38.5 Å². The molecular weight excluding hydrogens is 252 g/mol. The van der Waals surface area contributed by atoms with E-state index in [-0.39, 0.29) is 6.04 Å². The highest BCUT2D eigenvalue weighted by Gasteiger charge is 2.21. The summed E-state index contributed by atoms with van der Waals surface area (Å²) in [5.74, 6) is 6.63. The molecule has 2 aromatic rings. The number of hydrazine groups is 1. The first-order valence-corrected chi connectivity index (χ1v) is 6.77. The van der Waals surface area contributed by atoms with Gasteiger partial charge in [-0.15, -0.1) is 0 Å². The Bertz CT molecular complexity index is 592. The summed E-state index contributed by atoms with van der Waals surface area (Å²) >= 11 is 0. The minimum Gasteiger partial charge on any atom is -0.494 e. The van der Waals surface area contributed by atoms with Crippen LogP contribution in [0.5, 0.6) is 5.75 Å². The van der Waals surface area contributed by atoms with Crippen molar-refractivity contribution >= 4 is 0 Å². The van der Waals surface area contributed by atoms with E-state index >= 15 is 0 Å². The van der Waals surface area contributed by atoms with Crippen LogP contribution >= 0.6 is 0 Å². The van der Waals surface area contributed by atoms with E-state index in [4.69, 9.17) is 10.6 Å². The Hall–Kier alpha value is -1.85. The van der Waals surface area contributed by atoms with E-state index in [9.17, 15) is 0 Å². The fourth-order valence-corrected chi connectivity index (χ4v) is 2.50. The van der Waals surface area contributed by atoms with Crippen molar-refractivity contribution in [2.24, 2.45) is 12.9 Å². The zero-order valence-electron chi connectivity index (χ0n) is 12.5. The molecule has 0 saturated heterocycles. The maximum absolute atomic E-state index is 5.78. The first-order chi connectivity index (χ1) is 9.58. The summed E-state index contributed by atoms with van der Waals surface area (Å²) in [4.78, 5) is 0. The molecule has 1 aromatic heterocycles. The summed E-state index contributed by atoms with van der Waals surface area (Å²) < 4.78 is 7.43. The van der Waals surface area contributed by atoms with Crippen LogP contribution in [0.25, 0.3) is 0 Å². The zero-order chi connectivity index (χ0) is 14.7. The molecular formula is C15H22N4O. The fourth-order valence-electron chi connectivity index (χ4n) is 2.50. The number of rotatable bonds is 5. The van der Waals surface area contributed by atoms with Crippen LogP contribution in [0.4, 0.5) is 0 Å². The molecule has 3 N–H and O–H groups in total. The Morgan fingerprint density at radius 3 is 2.70 bits per heavy atom. The molecule has 0 aliphatic carbocycles. The third kappa shape index (κ3) is 2.69. The first-order valence-electron chi connectivity index (χ1n) is 6.77. The number of nitrogens with one attached hydrogen (secondary N) is 1. The highest BCUT2D eigenvalue weighted by molar-refractivity contribution is 5.40. The van der Waals surface area contributed by atoms with Gasteiger partial charge in [0.2, 0.25) is 0 Å². The molecule has 0 aliphatic heterocycles. The topological polar surface area (TPSA) is 65.1 Å². The lowest BCUT2D eigenvalue weighted by Crippen LogP contribution is -2.29. The molecule has 1 unspecified atom stereocenters. The molecule has 1 heterocycles. The number of hydrogen-bond acceptors (Lipinski definition) is 4. The Kier molecular flexibility index (Phi) is 4.42. The summed E-state index contributed by atoms with van der Waals surface area (Å²) in [7, 11) is 1.94. The van der Waals surface area contributed by atoms with Crippen LogP contribution in [0.3, 0.4) is 0 Å². The predicted octanol–water partition coefficient (Wildman–Crippen LogP) is 1.99. The minimum atomic E-state index is -0.0934. The van der Waals surface area contributed by atoms with Crippen molar-refractivity contribution in [3.05, 3.63) is 46.8 Å². The third-order valence-corrected chi connectivity index (χ3v) is 3.52. The Labute approximate surface area is 119 Å². The Balaban J connectivity index is 2.44. The number of aromatic nitrogens is 2. The molecule has 0 amide bonds. The van der Waals surface area contributed by atoms with E-state index in [2.05, 4.69) is 10.5 Å². The molecule has 5 nitrogen and oxygen atoms in total. The Morgan fingerprint density at radius 1 is 1.40 bits per heavy atom. The van der Waals surface area contributed by atoms with E-state index < -0.39 is 0 Å². The van der Waals surface area contributed by atoms with Crippen molar-refractivity contribution in [1.29, 1.82) is 0 Å². The molecule has 1 atom stereocenters. The molecule has 0 fully saturated rings. The SMILES string of the molecule is CCOc1cccc(C(NN)c2c(C)nn(C)c2C)c1. The maximum atomic E-state index is 5.78. The van der Waals surface area contributed by atoms with Gasteiger partial charge in [0.1, 0.15) is 5.75 Å². The average molecular weight is 274 g/mol. The molecule has 0 saturated carbocycles. The second kappa shape index (κ2) is 6.07. The lowest BCUT2D eigenvalue weighted by molar-refractivity contribution is 0.339. The molecule has 5 heteroatoms. The number of ether oxygens (including phenoxy) is 1. The Morgan fingerprint density at radius 2 is 2.15 bits per heavy atom. The predicted molar refractivity (Wildman–Crippen MR) is 79.5 cm³/mol. The molecule has 108 valence electrons. The van der Waals surface area contributed by atoms with Gasteiger partial charge in [0.25, 0.3) is 0 Å². The van der Waals surface area contributed by atoms with Crippen molar-refractivity contribution in [2.45, 2.75) is 26.8 Å². The number of nitrogens with two attached hydrogens (primary N) is 1. The lowest BCUT2D eigenvalue weighted by atomic mass is 9.97. The quantitative estimate of drug-likeness (QED) is 0.646. The molecule has 2 rings (SSSR count). The summed E-state index contributed by atoms with van der Waals surface area (Å²) in [5, 5.41) is 4.45. The summed E-state index contributed by atoms with van der Waals surface area (Å²) in [6.07, 6.45) is 0. The second-order valence-electron chi connectivity index (χ2n) is 4.81. The molecule has 0 aliphatic rings. The number of hydrogen-bond donors (Lipinski definition) is 2. The minimum absolute atomic E-state index is 0.0934. The standard InChI is InChI=1S/C15H22N4O/c1-5-20-13-8-6-7-12(9-13)15(17-16)14-10(2)18-19(4)11(14)3/h6-9,15,17H,5,16H2,1-4H3. The van der Waals surface area contributed by atoms with Crippen LogP contribution in [0.15, 0.2) is 24.3 Å². The van der Waals surface area contributed by atoms with Crippen LogP contribution < -0.4 is 16.0 Å². The van der Waals surface area contributed by atoms with Crippen molar-refractivity contribution in [2.75, 3.05) is 6.61 Å². The van der Waals surface area contributed by atoms with Gasteiger partial charge in [-0.25, -0.2) is 5.43 Å². The van der Waals surface area contributed by atoms with Crippen molar-refractivity contribution in [3.63, 3.8) is 0 Å². The zero-order valence-corrected chi connectivity index (χ0v) is 12.5. The van der Waals surface area contributed by atoms with Gasteiger partial charge in [0.15, 0.2) is 0 Å². The van der Waals surface area contributed by atoms with Crippen LogP contribution in [-0.2, 0) is 7.05 Å². The molecule has 1 aromatic carbocycles. The van der Waals surface area contributed by atoms with Gasteiger partial charge < -0.3 is 4.74 Å². The van der Waals surface area contributed by atoms with E-state index in [1.54, 1.807) is 0 Å². The molecule has 0 bridgehead atoms. The van der Waals surface area contributed by atoms with E-state index in [0.29, 0.717) is 6.61 Å². The van der Waals surface area contributed by atoms with E-state index in [1.165, 1.54) is 0 Å². The maximum Gasteiger partial charge on any atom is 0.119 e. The van der Waals surface area contributed by atoms with E-state index in [1.807, 2.05) is 56.8 Å². The van der Waals surface area contributed by atoms with Crippen molar-refractivity contribution < 1.29 is 4.74 Å². The molecule has 0 spiro atoms. The van der Waals surface area contributed by atoms with Gasteiger partial charge in [0, 0.05) is 18.3 Å². The highest BCUT2D eigenvalue weighted by Crippen LogP contribution is 2.28. The normalized spacial score (nSPS) is 12.4. The van der Waals surface area contributed by atoms with Crippen molar-refractivity contribution in [1.82, 2.24) is 15.2 Å². The number of aryl methyl sites for hydroxylation is 2. The van der Waals surface area contributed by atoms with Gasteiger partial charge in [0.05, 0.1) is 18.3 Å². The largest absolute Gasteiger partial charge is 0.494 e. The average Bonchev–Trinajstić information content (AvgIpc) is 2.67. The van der Waals surface area contributed by atoms with Crippen LogP contribution in [0.1, 0.15) is 35.5 Å². The van der Waals surface area contributed by atoms with Gasteiger partial charge in [-0.1, -0.05) is 12.1 Å². The fraction of sp³-hybridized carbons (Fsp3) is 0.400. The second-order valence-corrected chi connectivity index (χ2v) is 4.81. The summed E-state index contributed by atoms with van der Waals surface area (Å²) in [6.45, 7) is 6.67. The third-order valence-electron chi connectivity index (χ3n) is 3.52.